The first-order valence-corrected chi connectivity index (χ1v) is 12.3. The van der Waals surface area contributed by atoms with Gasteiger partial charge in [0.1, 0.15) is 11.0 Å². The van der Waals surface area contributed by atoms with Crippen molar-refractivity contribution < 1.29 is 4.79 Å². The van der Waals surface area contributed by atoms with Gasteiger partial charge in [-0.3, -0.25) is 4.79 Å². The molecule has 0 unspecified atom stereocenters. The van der Waals surface area contributed by atoms with Gasteiger partial charge in [0.05, 0.1) is 0 Å². The molecule has 3 aromatic rings. The quantitative estimate of drug-likeness (QED) is 0.254. The minimum Gasteiger partial charge on any atom is -0.355 e. The van der Waals surface area contributed by atoms with Crippen LogP contribution >= 0.6 is 23.4 Å². The lowest BCUT2D eigenvalue weighted by Gasteiger charge is -2.26. The molecule has 0 bridgehead atoms. The normalized spacial score (nSPS) is 13.8. The second-order valence-corrected chi connectivity index (χ2v) is 9.34. The minimum atomic E-state index is 0.133. The molecule has 0 spiro atoms. The number of nitrogens with zero attached hydrogens (tertiary/aromatic N) is 4. The third kappa shape index (κ3) is 6.02. The number of rotatable bonds is 7. The number of halogens is 1. The molecule has 1 aliphatic heterocycles. The van der Waals surface area contributed by atoms with Crippen molar-refractivity contribution in [2.45, 2.75) is 36.7 Å². The van der Waals surface area contributed by atoms with E-state index < -0.39 is 0 Å². The Hall–Kier alpha value is -2.57. The molecular formula is C25H27ClN4OS. The van der Waals surface area contributed by atoms with E-state index in [0.717, 1.165) is 49.4 Å². The lowest BCUT2D eigenvalue weighted by Crippen LogP contribution is -2.35. The Morgan fingerprint density at radius 3 is 2.44 bits per heavy atom. The van der Waals surface area contributed by atoms with Crippen LogP contribution in [0.15, 0.2) is 65.8 Å². The van der Waals surface area contributed by atoms with Crippen LogP contribution in [0.25, 0.3) is 0 Å². The van der Waals surface area contributed by atoms with Gasteiger partial charge in [-0.1, -0.05) is 65.8 Å². The maximum absolute atomic E-state index is 12.6. The van der Waals surface area contributed by atoms with Gasteiger partial charge in [0.25, 0.3) is 5.91 Å². The molecule has 1 fully saturated rings. The first-order chi connectivity index (χ1) is 15.6. The topological polar surface area (TPSA) is 49.3 Å². The molecule has 4 rings (SSSR count). The second kappa shape index (κ2) is 10.8. The summed E-state index contributed by atoms with van der Waals surface area (Å²) in [5.41, 5.74) is 3.08. The van der Waals surface area contributed by atoms with Crippen molar-refractivity contribution in [2.75, 3.05) is 25.0 Å². The first kappa shape index (κ1) is 22.6. The molecule has 1 aromatic heterocycles. The van der Waals surface area contributed by atoms with E-state index in [1.165, 1.54) is 23.7 Å². The van der Waals surface area contributed by atoms with Crippen LogP contribution in [-0.4, -0.2) is 40.9 Å². The number of thioether (sulfide) groups is 1. The third-order valence-corrected chi connectivity index (χ3v) is 6.64. The molecule has 1 aliphatic rings. The van der Waals surface area contributed by atoms with E-state index in [9.17, 15) is 4.79 Å². The van der Waals surface area contributed by atoms with Crippen molar-refractivity contribution in [3.63, 3.8) is 0 Å². The molecule has 7 heteroatoms. The number of hydrogen-bond acceptors (Lipinski definition) is 5. The number of anilines is 1. The summed E-state index contributed by atoms with van der Waals surface area (Å²) in [6, 6.07) is 19.9. The highest BCUT2D eigenvalue weighted by atomic mass is 35.5. The molecule has 0 N–H and O–H groups in total. The number of likely N-dealkylation sites (tertiary alicyclic amines) is 1. The summed E-state index contributed by atoms with van der Waals surface area (Å²) in [4.78, 5) is 25.7. The molecule has 0 radical (unpaired) electrons. The van der Waals surface area contributed by atoms with E-state index >= 15 is 0 Å². The van der Waals surface area contributed by atoms with Gasteiger partial charge in [-0.05, 0) is 42.5 Å². The Balaban J connectivity index is 1.37. The summed E-state index contributed by atoms with van der Waals surface area (Å²) in [5.74, 6) is 1.63. The largest absolute Gasteiger partial charge is 0.355 e. The molecule has 2 aromatic carbocycles. The van der Waals surface area contributed by atoms with E-state index in [4.69, 9.17) is 11.6 Å². The van der Waals surface area contributed by atoms with Crippen molar-refractivity contribution in [3.05, 3.63) is 82.5 Å². The fourth-order valence-electron chi connectivity index (χ4n) is 3.75. The van der Waals surface area contributed by atoms with Gasteiger partial charge >= 0.3 is 0 Å². The van der Waals surface area contributed by atoms with Crippen molar-refractivity contribution in [1.82, 2.24) is 14.9 Å². The molecule has 0 saturated carbocycles. The van der Waals surface area contributed by atoms with Crippen LogP contribution in [0.2, 0.25) is 5.15 Å². The molecule has 32 heavy (non-hydrogen) atoms. The van der Waals surface area contributed by atoms with Crippen LogP contribution in [-0.2, 0) is 12.3 Å². The van der Waals surface area contributed by atoms with E-state index in [0.29, 0.717) is 16.1 Å². The maximum Gasteiger partial charge on any atom is 0.253 e. The Morgan fingerprint density at radius 2 is 1.72 bits per heavy atom. The zero-order valence-electron chi connectivity index (χ0n) is 18.2. The van der Waals surface area contributed by atoms with Crippen LogP contribution in [0.5, 0.6) is 0 Å². The number of benzene rings is 2. The molecule has 2 heterocycles. The Bertz CT molecular complexity index is 1040. The maximum atomic E-state index is 12.6. The first-order valence-electron chi connectivity index (χ1n) is 10.9. The average molecular weight is 467 g/mol. The number of carbonyl (C=O) groups excluding carboxylic acids is 1. The standard InChI is InChI=1S/C25H27ClN4OS/c1-29(17-19-8-4-2-5-9-19)23-16-22(26)27-25(28-23)32-18-20-10-12-21(13-11-20)24(31)30-14-6-3-7-15-30/h2,4-5,8-13,16H,3,6-7,14-15,17-18H2,1H3. The zero-order valence-corrected chi connectivity index (χ0v) is 19.8. The fraction of sp³-hybridized carbons (Fsp3) is 0.320. The van der Waals surface area contributed by atoms with Gasteiger partial charge < -0.3 is 9.80 Å². The monoisotopic (exact) mass is 466 g/mol. The Labute approximate surface area is 198 Å². The highest BCUT2D eigenvalue weighted by Crippen LogP contribution is 2.25. The number of amides is 1. The van der Waals surface area contributed by atoms with E-state index in [2.05, 4.69) is 27.0 Å². The molecule has 1 saturated heterocycles. The smallest absolute Gasteiger partial charge is 0.253 e. The van der Waals surface area contributed by atoms with Crippen LogP contribution in [0.3, 0.4) is 0 Å². The van der Waals surface area contributed by atoms with Gasteiger partial charge in [-0.15, -0.1) is 0 Å². The fourth-order valence-corrected chi connectivity index (χ4v) is 4.79. The van der Waals surface area contributed by atoms with Crippen LogP contribution in [0.4, 0.5) is 5.82 Å². The van der Waals surface area contributed by atoms with E-state index in [1.54, 1.807) is 6.07 Å². The van der Waals surface area contributed by atoms with Crippen LogP contribution in [0, 0.1) is 0 Å². The van der Waals surface area contributed by atoms with Crippen molar-refractivity contribution in [1.29, 1.82) is 0 Å². The van der Waals surface area contributed by atoms with Gasteiger partial charge in [-0.2, -0.15) is 0 Å². The molecule has 1 amide bonds. The lowest BCUT2D eigenvalue weighted by molar-refractivity contribution is 0.0724. The van der Waals surface area contributed by atoms with Crippen LogP contribution in [0.1, 0.15) is 40.7 Å². The highest BCUT2D eigenvalue weighted by Gasteiger charge is 2.18. The summed E-state index contributed by atoms with van der Waals surface area (Å²) in [6.45, 7) is 2.47. The molecule has 0 atom stereocenters. The number of carbonyl (C=O) groups is 1. The summed E-state index contributed by atoms with van der Waals surface area (Å²) in [6.07, 6.45) is 3.42. The van der Waals surface area contributed by atoms with Gasteiger partial charge in [-0.25, -0.2) is 9.97 Å². The Kier molecular flexibility index (Phi) is 7.66. The van der Waals surface area contributed by atoms with E-state index in [1.807, 2.05) is 54.4 Å². The summed E-state index contributed by atoms with van der Waals surface area (Å²) < 4.78 is 0. The number of hydrogen-bond donors (Lipinski definition) is 0. The Morgan fingerprint density at radius 1 is 1.00 bits per heavy atom. The lowest BCUT2D eigenvalue weighted by atomic mass is 10.1. The molecule has 166 valence electrons. The molecular weight excluding hydrogens is 440 g/mol. The van der Waals surface area contributed by atoms with Gasteiger partial charge in [0.15, 0.2) is 5.16 Å². The van der Waals surface area contributed by atoms with Crippen molar-refractivity contribution in [2.24, 2.45) is 0 Å². The SMILES string of the molecule is CN(Cc1ccccc1)c1cc(Cl)nc(SCc2ccc(C(=O)N3CCCCC3)cc2)n1. The summed E-state index contributed by atoms with van der Waals surface area (Å²) in [5, 5.41) is 1.07. The zero-order chi connectivity index (χ0) is 22.3. The summed E-state index contributed by atoms with van der Waals surface area (Å²) >= 11 is 7.81. The molecule has 0 aliphatic carbocycles. The number of piperidine rings is 1. The summed E-state index contributed by atoms with van der Waals surface area (Å²) in [7, 11) is 2.00. The third-order valence-electron chi connectivity index (χ3n) is 5.53. The minimum absolute atomic E-state index is 0.133. The van der Waals surface area contributed by atoms with Gasteiger partial charge in [0, 0.05) is 44.1 Å². The van der Waals surface area contributed by atoms with Crippen molar-refractivity contribution in [3.8, 4) is 0 Å². The molecule has 5 nitrogen and oxygen atoms in total. The average Bonchev–Trinajstić information content (AvgIpc) is 2.83. The second-order valence-electron chi connectivity index (χ2n) is 8.01. The predicted octanol–water partition coefficient (Wildman–Crippen LogP) is 5.68. The number of aromatic nitrogens is 2. The van der Waals surface area contributed by atoms with Crippen LogP contribution < -0.4 is 4.90 Å². The van der Waals surface area contributed by atoms with Crippen molar-refractivity contribution >= 4 is 35.1 Å². The van der Waals surface area contributed by atoms with E-state index in [-0.39, 0.29) is 5.91 Å². The van der Waals surface area contributed by atoms with Gasteiger partial charge in [0.2, 0.25) is 0 Å². The predicted molar refractivity (Wildman–Crippen MR) is 131 cm³/mol. The highest BCUT2D eigenvalue weighted by molar-refractivity contribution is 7.98.